The van der Waals surface area contributed by atoms with Crippen LogP contribution in [-0.2, 0) is 13.2 Å². The highest BCUT2D eigenvalue weighted by Crippen LogP contribution is 2.07. The lowest BCUT2D eigenvalue weighted by Gasteiger charge is -2.11. The van der Waals surface area contributed by atoms with E-state index in [1.54, 1.807) is 12.1 Å². The van der Waals surface area contributed by atoms with Crippen LogP contribution in [-0.4, -0.2) is 34.6 Å². The van der Waals surface area contributed by atoms with Crippen LogP contribution in [0.5, 0.6) is 0 Å². The van der Waals surface area contributed by atoms with Gasteiger partial charge < -0.3 is 25.1 Å². The van der Waals surface area contributed by atoms with Crippen molar-refractivity contribution in [3.63, 3.8) is 0 Å². The molecule has 80 valence electrons. The Bertz CT molecular complexity index is 257. The van der Waals surface area contributed by atoms with Crippen LogP contribution in [0, 0.1) is 0 Å². The molecule has 0 aromatic carbocycles. The first-order valence-corrected chi connectivity index (χ1v) is 4.43. The molecule has 0 spiro atoms. The van der Waals surface area contributed by atoms with Crippen molar-refractivity contribution in [3.05, 3.63) is 23.7 Å². The van der Waals surface area contributed by atoms with Gasteiger partial charge in [-0.3, -0.25) is 0 Å². The van der Waals surface area contributed by atoms with Crippen LogP contribution >= 0.6 is 0 Å². The lowest BCUT2D eigenvalue weighted by atomic mass is 10.3. The molecule has 1 heterocycles. The molecule has 0 aliphatic heterocycles. The van der Waals surface area contributed by atoms with Crippen molar-refractivity contribution in [2.24, 2.45) is 0 Å². The second-order valence-corrected chi connectivity index (χ2v) is 2.97. The van der Waals surface area contributed by atoms with Gasteiger partial charge in [0.1, 0.15) is 18.1 Å². The highest BCUT2D eigenvalue weighted by atomic mass is 16.4. The van der Waals surface area contributed by atoms with Crippen LogP contribution in [0.4, 0.5) is 0 Å². The Hall–Kier alpha value is -0.880. The lowest BCUT2D eigenvalue weighted by molar-refractivity contribution is 0.167. The maximum atomic E-state index is 8.76. The van der Waals surface area contributed by atoms with E-state index in [0.717, 1.165) is 0 Å². The zero-order chi connectivity index (χ0) is 10.4. The second kappa shape index (κ2) is 5.77. The average Bonchev–Trinajstić information content (AvgIpc) is 2.67. The standard InChI is InChI=1S/C9H15NO4/c11-4-7(5-12)10-3-8-1-2-9(6-13)14-8/h1-2,7,10-13H,3-6H2. The van der Waals surface area contributed by atoms with Crippen LogP contribution in [0.15, 0.2) is 16.5 Å². The molecule has 4 N–H and O–H groups in total. The van der Waals surface area contributed by atoms with Crippen LogP contribution in [0.2, 0.25) is 0 Å². The molecule has 1 aromatic rings. The monoisotopic (exact) mass is 201 g/mol. The molecule has 0 fully saturated rings. The molecular weight excluding hydrogens is 186 g/mol. The van der Waals surface area contributed by atoms with Gasteiger partial charge in [0.25, 0.3) is 0 Å². The number of furan rings is 1. The van der Waals surface area contributed by atoms with Gasteiger partial charge in [-0.05, 0) is 12.1 Å². The molecule has 0 unspecified atom stereocenters. The molecule has 0 atom stereocenters. The van der Waals surface area contributed by atoms with Crippen LogP contribution in [0.1, 0.15) is 11.5 Å². The SMILES string of the molecule is OCc1ccc(CNC(CO)CO)o1. The Balaban J connectivity index is 2.37. The molecule has 1 aromatic heterocycles. The van der Waals surface area contributed by atoms with Crippen LogP contribution in [0.25, 0.3) is 0 Å². The molecule has 0 bridgehead atoms. The molecule has 0 radical (unpaired) electrons. The first-order chi connectivity index (χ1) is 6.80. The third-order valence-electron chi connectivity index (χ3n) is 1.88. The molecular formula is C9H15NO4. The molecule has 0 saturated heterocycles. The van der Waals surface area contributed by atoms with Crippen LogP contribution in [0.3, 0.4) is 0 Å². The Labute approximate surface area is 82.0 Å². The van der Waals surface area contributed by atoms with E-state index in [4.69, 9.17) is 19.7 Å². The van der Waals surface area contributed by atoms with Gasteiger partial charge in [-0.2, -0.15) is 0 Å². The van der Waals surface area contributed by atoms with Crippen molar-refractivity contribution in [2.45, 2.75) is 19.2 Å². The van der Waals surface area contributed by atoms with E-state index < -0.39 is 0 Å². The fourth-order valence-corrected chi connectivity index (χ4v) is 1.03. The quantitative estimate of drug-likeness (QED) is 0.485. The summed E-state index contributed by atoms with van der Waals surface area (Å²) in [5.74, 6) is 1.17. The molecule has 5 heteroatoms. The minimum absolute atomic E-state index is 0.121. The van der Waals surface area contributed by atoms with Crippen molar-refractivity contribution < 1.29 is 19.7 Å². The predicted molar refractivity (Wildman–Crippen MR) is 49.4 cm³/mol. The third kappa shape index (κ3) is 3.12. The molecule has 1 rings (SSSR count). The van der Waals surface area contributed by atoms with E-state index in [1.807, 2.05) is 0 Å². The number of aliphatic hydroxyl groups is 3. The van der Waals surface area contributed by atoms with Gasteiger partial charge in [-0.1, -0.05) is 0 Å². The summed E-state index contributed by atoms with van der Waals surface area (Å²) in [7, 11) is 0. The summed E-state index contributed by atoms with van der Waals surface area (Å²) < 4.78 is 5.20. The Morgan fingerprint density at radius 1 is 1.14 bits per heavy atom. The minimum atomic E-state index is -0.335. The summed E-state index contributed by atoms with van der Waals surface area (Å²) >= 11 is 0. The maximum absolute atomic E-state index is 8.76. The number of hydrogen-bond donors (Lipinski definition) is 4. The molecule has 0 aliphatic rings. The summed E-state index contributed by atoms with van der Waals surface area (Å²) in [5.41, 5.74) is 0. The Morgan fingerprint density at radius 3 is 2.29 bits per heavy atom. The van der Waals surface area contributed by atoms with E-state index in [0.29, 0.717) is 18.1 Å². The zero-order valence-electron chi connectivity index (χ0n) is 7.81. The normalized spacial score (nSPS) is 11.1. The number of hydrogen-bond acceptors (Lipinski definition) is 5. The Kier molecular flexibility index (Phi) is 4.61. The van der Waals surface area contributed by atoms with Crippen molar-refractivity contribution >= 4 is 0 Å². The van der Waals surface area contributed by atoms with E-state index in [9.17, 15) is 0 Å². The fourth-order valence-electron chi connectivity index (χ4n) is 1.03. The molecule has 5 nitrogen and oxygen atoms in total. The van der Waals surface area contributed by atoms with Gasteiger partial charge >= 0.3 is 0 Å². The maximum Gasteiger partial charge on any atom is 0.129 e. The van der Waals surface area contributed by atoms with Gasteiger partial charge in [-0.25, -0.2) is 0 Å². The Morgan fingerprint density at radius 2 is 1.79 bits per heavy atom. The zero-order valence-corrected chi connectivity index (χ0v) is 7.81. The summed E-state index contributed by atoms with van der Waals surface area (Å²) in [6, 6.07) is 3.09. The van der Waals surface area contributed by atoms with Gasteiger partial charge in [0.15, 0.2) is 0 Å². The molecule has 0 amide bonds. The first-order valence-electron chi connectivity index (χ1n) is 4.43. The van der Waals surface area contributed by atoms with E-state index in [1.165, 1.54) is 0 Å². The highest BCUT2D eigenvalue weighted by Gasteiger charge is 2.06. The van der Waals surface area contributed by atoms with Gasteiger partial charge in [0.05, 0.1) is 25.8 Å². The molecule has 0 saturated carbocycles. The topological polar surface area (TPSA) is 85.9 Å². The van der Waals surface area contributed by atoms with Crippen molar-refractivity contribution in [1.82, 2.24) is 5.32 Å². The van der Waals surface area contributed by atoms with Gasteiger partial charge in [0, 0.05) is 0 Å². The summed E-state index contributed by atoms with van der Waals surface area (Å²) in [6.07, 6.45) is 0. The fraction of sp³-hybridized carbons (Fsp3) is 0.556. The van der Waals surface area contributed by atoms with Crippen LogP contribution < -0.4 is 5.32 Å². The third-order valence-corrected chi connectivity index (χ3v) is 1.88. The lowest BCUT2D eigenvalue weighted by Crippen LogP contribution is -2.35. The molecule has 14 heavy (non-hydrogen) atoms. The highest BCUT2D eigenvalue weighted by molar-refractivity contribution is 5.06. The number of rotatable bonds is 6. The van der Waals surface area contributed by atoms with Gasteiger partial charge in [0.2, 0.25) is 0 Å². The summed E-state index contributed by atoms with van der Waals surface area (Å²) in [6.45, 7) is 0.0589. The second-order valence-electron chi connectivity index (χ2n) is 2.97. The van der Waals surface area contributed by atoms with E-state index in [-0.39, 0.29) is 25.9 Å². The summed E-state index contributed by atoms with van der Waals surface area (Å²) in [5, 5.41) is 29.1. The number of nitrogens with one attached hydrogen (secondary N) is 1. The van der Waals surface area contributed by atoms with Crippen molar-refractivity contribution in [1.29, 1.82) is 0 Å². The minimum Gasteiger partial charge on any atom is -0.462 e. The first kappa shape index (κ1) is 11.2. The van der Waals surface area contributed by atoms with E-state index >= 15 is 0 Å². The largest absolute Gasteiger partial charge is 0.462 e. The molecule has 0 aliphatic carbocycles. The smallest absolute Gasteiger partial charge is 0.129 e. The predicted octanol–water partition coefficient (Wildman–Crippen LogP) is -0.785. The number of aliphatic hydroxyl groups excluding tert-OH is 3. The summed E-state index contributed by atoms with van der Waals surface area (Å²) in [4.78, 5) is 0. The van der Waals surface area contributed by atoms with Crippen molar-refractivity contribution in [2.75, 3.05) is 13.2 Å². The average molecular weight is 201 g/mol. The van der Waals surface area contributed by atoms with Crippen molar-refractivity contribution in [3.8, 4) is 0 Å². The van der Waals surface area contributed by atoms with Gasteiger partial charge in [-0.15, -0.1) is 0 Å². The van der Waals surface area contributed by atoms with E-state index in [2.05, 4.69) is 5.32 Å².